The van der Waals surface area contributed by atoms with Crippen LogP contribution in [0, 0.1) is 5.82 Å². The van der Waals surface area contributed by atoms with Crippen LogP contribution in [0.4, 0.5) is 4.39 Å². The molecule has 4 aromatic rings. The van der Waals surface area contributed by atoms with Gasteiger partial charge in [0.15, 0.2) is 0 Å². The molecule has 4 heterocycles. The van der Waals surface area contributed by atoms with Crippen molar-refractivity contribution in [1.29, 1.82) is 0 Å². The number of amides is 1. The first kappa shape index (κ1) is 24.7. The molecule has 6 rings (SSSR count). The van der Waals surface area contributed by atoms with Gasteiger partial charge in [0.2, 0.25) is 11.7 Å². The first-order valence-electron chi connectivity index (χ1n) is 13.7. The number of piperidine rings is 2. The number of carbonyl (C=O) groups is 1. The lowest BCUT2D eigenvalue weighted by molar-refractivity contribution is -0.132. The number of aromatic nitrogens is 4. The van der Waals surface area contributed by atoms with Gasteiger partial charge < -0.3 is 9.80 Å². The topological polar surface area (TPSA) is 75.7 Å². The average Bonchev–Trinajstić information content (AvgIpc) is 3.39. The van der Waals surface area contributed by atoms with Gasteiger partial charge in [0.25, 0.3) is 5.56 Å². The molecule has 38 heavy (non-hydrogen) atoms. The summed E-state index contributed by atoms with van der Waals surface area (Å²) in [6, 6.07) is 14.1. The smallest absolute Gasteiger partial charge is 0.263 e. The highest BCUT2D eigenvalue weighted by Gasteiger charge is 2.28. The van der Waals surface area contributed by atoms with Crippen LogP contribution in [0.25, 0.3) is 16.7 Å². The van der Waals surface area contributed by atoms with Crippen LogP contribution in [0.2, 0.25) is 0 Å². The van der Waals surface area contributed by atoms with E-state index in [0.29, 0.717) is 35.9 Å². The number of fused-ring (bicyclic) bond motifs is 3. The number of benzene rings is 2. The molecule has 0 bridgehead atoms. The van der Waals surface area contributed by atoms with Crippen molar-refractivity contribution >= 4 is 22.6 Å². The van der Waals surface area contributed by atoms with Crippen molar-refractivity contribution < 1.29 is 9.18 Å². The molecule has 2 aromatic carbocycles. The van der Waals surface area contributed by atoms with Crippen molar-refractivity contribution in [2.75, 3.05) is 26.2 Å². The largest absolute Gasteiger partial charge is 0.343 e. The highest BCUT2D eigenvalue weighted by molar-refractivity contribution is 5.80. The zero-order chi connectivity index (χ0) is 26.1. The van der Waals surface area contributed by atoms with Gasteiger partial charge in [0.05, 0.1) is 17.4 Å². The molecule has 1 amide bonds. The Balaban J connectivity index is 1.21. The van der Waals surface area contributed by atoms with E-state index >= 15 is 0 Å². The molecular weight excluding hydrogens is 483 g/mol. The summed E-state index contributed by atoms with van der Waals surface area (Å²) in [6.45, 7) is 4.25. The van der Waals surface area contributed by atoms with Crippen LogP contribution >= 0.6 is 0 Å². The number of likely N-dealkylation sites (tertiary alicyclic amines) is 2. The van der Waals surface area contributed by atoms with Crippen LogP contribution in [0.5, 0.6) is 0 Å². The van der Waals surface area contributed by atoms with Gasteiger partial charge in [-0.2, -0.15) is 0 Å². The second-order valence-electron chi connectivity index (χ2n) is 10.5. The Morgan fingerprint density at radius 2 is 1.66 bits per heavy atom. The van der Waals surface area contributed by atoms with Gasteiger partial charge in [-0.1, -0.05) is 30.7 Å². The van der Waals surface area contributed by atoms with Crippen LogP contribution in [-0.4, -0.2) is 67.1 Å². The average molecular weight is 517 g/mol. The Bertz CT molecular complexity index is 1500. The molecule has 2 aliphatic rings. The monoisotopic (exact) mass is 516 g/mol. The molecule has 0 unspecified atom stereocenters. The Hall–Kier alpha value is -3.59. The van der Waals surface area contributed by atoms with E-state index in [-0.39, 0.29) is 23.8 Å². The van der Waals surface area contributed by atoms with Crippen LogP contribution in [0.1, 0.15) is 49.9 Å². The summed E-state index contributed by atoms with van der Waals surface area (Å²) in [4.78, 5) is 31.1. The molecule has 198 valence electrons. The standard InChI is InChI=1S/C29H33FN6O2/c30-22-10-8-21(9-11-22)20-35-28(38)24-6-2-3-7-25(24)36-26(31-32-29(35)36)12-13-27(37)34-18-14-23(15-19-34)33-16-4-1-5-17-33/h2-3,6-11,23H,1,4-5,12-20H2. The summed E-state index contributed by atoms with van der Waals surface area (Å²) >= 11 is 0. The summed E-state index contributed by atoms with van der Waals surface area (Å²) in [7, 11) is 0. The number of rotatable bonds is 6. The van der Waals surface area contributed by atoms with E-state index in [4.69, 9.17) is 0 Å². The lowest BCUT2D eigenvalue weighted by Crippen LogP contribution is -2.48. The molecule has 9 heteroatoms. The first-order valence-corrected chi connectivity index (χ1v) is 13.7. The van der Waals surface area contributed by atoms with E-state index in [0.717, 1.165) is 37.0 Å². The second kappa shape index (κ2) is 10.6. The normalized spacial score (nSPS) is 17.4. The molecule has 0 radical (unpaired) electrons. The lowest BCUT2D eigenvalue weighted by Gasteiger charge is -2.40. The van der Waals surface area contributed by atoms with Crippen molar-refractivity contribution in [2.45, 2.75) is 57.5 Å². The summed E-state index contributed by atoms with van der Waals surface area (Å²) in [5.74, 6) is 0.890. The fraction of sp³-hybridized carbons (Fsp3) is 0.448. The van der Waals surface area contributed by atoms with Crippen molar-refractivity contribution in [3.63, 3.8) is 0 Å². The number of halogens is 1. The second-order valence-corrected chi connectivity index (χ2v) is 10.5. The molecule has 0 spiro atoms. The van der Waals surface area contributed by atoms with E-state index in [9.17, 15) is 14.0 Å². The Morgan fingerprint density at radius 1 is 0.921 bits per heavy atom. The molecule has 0 saturated carbocycles. The molecule has 2 aromatic heterocycles. The third kappa shape index (κ3) is 4.82. The number of aryl methyl sites for hydroxylation is 1. The minimum absolute atomic E-state index is 0.141. The van der Waals surface area contributed by atoms with Crippen LogP contribution < -0.4 is 5.56 Å². The number of para-hydroxylation sites is 1. The highest BCUT2D eigenvalue weighted by atomic mass is 19.1. The molecule has 2 fully saturated rings. The maximum Gasteiger partial charge on any atom is 0.263 e. The minimum atomic E-state index is -0.324. The summed E-state index contributed by atoms with van der Waals surface area (Å²) in [5.41, 5.74) is 1.33. The van der Waals surface area contributed by atoms with Gasteiger partial charge >= 0.3 is 0 Å². The van der Waals surface area contributed by atoms with Crippen LogP contribution in [0.3, 0.4) is 0 Å². The fourth-order valence-corrected chi connectivity index (χ4v) is 6.03. The van der Waals surface area contributed by atoms with Crippen molar-refractivity contribution in [3.8, 4) is 0 Å². The molecule has 0 aliphatic carbocycles. The van der Waals surface area contributed by atoms with Gasteiger partial charge in [0, 0.05) is 32.0 Å². The molecule has 0 atom stereocenters. The highest BCUT2D eigenvalue weighted by Crippen LogP contribution is 2.22. The van der Waals surface area contributed by atoms with Gasteiger partial charge in [-0.05, 0) is 68.6 Å². The minimum Gasteiger partial charge on any atom is -0.343 e. The van der Waals surface area contributed by atoms with E-state index in [1.165, 1.54) is 44.5 Å². The maximum absolute atomic E-state index is 13.4. The van der Waals surface area contributed by atoms with E-state index in [2.05, 4.69) is 15.1 Å². The number of nitrogens with zero attached hydrogens (tertiary/aromatic N) is 6. The number of carbonyl (C=O) groups excluding carboxylic acids is 1. The van der Waals surface area contributed by atoms with Crippen molar-refractivity contribution in [2.24, 2.45) is 0 Å². The zero-order valence-corrected chi connectivity index (χ0v) is 21.6. The third-order valence-electron chi connectivity index (χ3n) is 8.12. The zero-order valence-electron chi connectivity index (χ0n) is 21.6. The van der Waals surface area contributed by atoms with Crippen molar-refractivity contribution in [1.82, 2.24) is 29.0 Å². The molecule has 2 saturated heterocycles. The summed E-state index contributed by atoms with van der Waals surface area (Å²) < 4.78 is 16.9. The quantitative estimate of drug-likeness (QED) is 0.391. The van der Waals surface area contributed by atoms with Gasteiger partial charge in [-0.25, -0.2) is 4.39 Å². The van der Waals surface area contributed by atoms with Crippen LogP contribution in [0.15, 0.2) is 53.3 Å². The number of hydrogen-bond acceptors (Lipinski definition) is 5. The SMILES string of the molecule is O=C(CCc1nnc2n(Cc3ccc(F)cc3)c(=O)c3ccccc3n12)N1CCC(N2CCCCC2)CC1. The Labute approximate surface area is 220 Å². The molecular formula is C29H33FN6O2. The Morgan fingerprint density at radius 3 is 2.42 bits per heavy atom. The van der Waals surface area contributed by atoms with E-state index in [1.54, 1.807) is 22.8 Å². The first-order chi connectivity index (χ1) is 18.6. The summed E-state index contributed by atoms with van der Waals surface area (Å²) in [6.07, 6.45) is 6.78. The van der Waals surface area contributed by atoms with Crippen molar-refractivity contribution in [3.05, 3.63) is 76.1 Å². The van der Waals surface area contributed by atoms with E-state index in [1.807, 2.05) is 27.5 Å². The fourth-order valence-electron chi connectivity index (χ4n) is 6.03. The predicted octanol–water partition coefficient (Wildman–Crippen LogP) is 3.64. The third-order valence-corrected chi connectivity index (χ3v) is 8.12. The van der Waals surface area contributed by atoms with Gasteiger partial charge in [0.1, 0.15) is 11.6 Å². The molecule has 8 nitrogen and oxygen atoms in total. The maximum atomic E-state index is 13.4. The summed E-state index contributed by atoms with van der Waals surface area (Å²) in [5, 5.41) is 9.33. The van der Waals surface area contributed by atoms with Gasteiger partial charge in [-0.15, -0.1) is 10.2 Å². The number of hydrogen-bond donors (Lipinski definition) is 0. The molecule has 2 aliphatic heterocycles. The van der Waals surface area contributed by atoms with E-state index < -0.39 is 0 Å². The Kier molecular flexibility index (Phi) is 6.93. The van der Waals surface area contributed by atoms with Gasteiger partial charge in [-0.3, -0.25) is 18.6 Å². The predicted molar refractivity (Wildman–Crippen MR) is 144 cm³/mol. The lowest BCUT2D eigenvalue weighted by atomic mass is 9.99. The molecule has 0 N–H and O–H groups in total. The van der Waals surface area contributed by atoms with Crippen LogP contribution in [-0.2, 0) is 17.8 Å².